The van der Waals surface area contributed by atoms with Crippen LogP contribution in [0.3, 0.4) is 0 Å². The highest BCUT2D eigenvalue weighted by molar-refractivity contribution is 5.60. The number of nitrogen functional groups attached to an aromatic ring is 1. The maximum Gasteiger partial charge on any atom is 0.187 e. The van der Waals surface area contributed by atoms with Gasteiger partial charge >= 0.3 is 0 Å². The fourth-order valence-corrected chi connectivity index (χ4v) is 1.89. The van der Waals surface area contributed by atoms with Crippen molar-refractivity contribution in [3.8, 4) is 17.1 Å². The molecular weight excluding hydrogens is 283 g/mol. The quantitative estimate of drug-likeness (QED) is 0.736. The Bertz CT molecular complexity index is 775. The molecule has 8 heteroatoms. The molecule has 0 aliphatic heterocycles. The molecule has 0 saturated heterocycles. The molecule has 3 aromatic rings. The van der Waals surface area contributed by atoms with Crippen LogP contribution in [0.4, 0.5) is 18.9 Å². The van der Waals surface area contributed by atoms with Gasteiger partial charge in [0.15, 0.2) is 17.5 Å². The fraction of sp³-hybridized carbons (Fsp3) is 0. The minimum Gasteiger partial charge on any atom is -0.399 e. The van der Waals surface area contributed by atoms with Crippen molar-refractivity contribution in [3.05, 3.63) is 53.8 Å². The Morgan fingerprint density at radius 1 is 0.952 bits per heavy atom. The number of nitrogens with zero attached hydrogens (tertiary/aromatic N) is 4. The molecule has 0 bridgehead atoms. The third kappa shape index (κ3) is 2.31. The first kappa shape index (κ1) is 13.1. The smallest absolute Gasteiger partial charge is 0.187 e. The molecule has 0 atom stereocenters. The molecule has 3 rings (SSSR count). The zero-order valence-corrected chi connectivity index (χ0v) is 10.5. The van der Waals surface area contributed by atoms with E-state index in [2.05, 4.69) is 15.5 Å². The Balaban J connectivity index is 2.18. The predicted octanol–water partition coefficient (Wildman–Crippen LogP) is 2.33. The van der Waals surface area contributed by atoms with Crippen molar-refractivity contribution in [1.29, 1.82) is 0 Å². The Labute approximate surface area is 116 Å². The summed E-state index contributed by atoms with van der Waals surface area (Å²) in [5, 5.41) is 10.7. The molecule has 106 valence electrons. The van der Waals surface area contributed by atoms with Crippen molar-refractivity contribution in [2.75, 3.05) is 5.73 Å². The standard InChI is InChI=1S/C13H8F3N5/c14-8-5-10(15)12(11(16)6-8)21-13(18-19-20-21)7-1-3-9(17)4-2-7/h1-6H,17H2. The Kier molecular flexibility index (Phi) is 3.05. The minimum atomic E-state index is -1.10. The zero-order valence-electron chi connectivity index (χ0n) is 10.5. The summed E-state index contributed by atoms with van der Waals surface area (Å²) in [6.07, 6.45) is 0. The third-order valence-electron chi connectivity index (χ3n) is 2.83. The van der Waals surface area contributed by atoms with Crippen LogP contribution in [0, 0.1) is 17.5 Å². The topological polar surface area (TPSA) is 69.6 Å². The van der Waals surface area contributed by atoms with Gasteiger partial charge in [0.2, 0.25) is 0 Å². The third-order valence-corrected chi connectivity index (χ3v) is 2.83. The van der Waals surface area contributed by atoms with Gasteiger partial charge in [0.1, 0.15) is 11.5 Å². The number of rotatable bonds is 2. The molecule has 0 aliphatic rings. The average Bonchev–Trinajstić information content (AvgIpc) is 2.87. The van der Waals surface area contributed by atoms with E-state index in [4.69, 9.17) is 5.73 Å². The second-order valence-electron chi connectivity index (χ2n) is 4.25. The van der Waals surface area contributed by atoms with Crippen LogP contribution in [0.1, 0.15) is 0 Å². The molecule has 1 aromatic heterocycles. The highest BCUT2D eigenvalue weighted by Gasteiger charge is 2.19. The summed E-state index contributed by atoms with van der Waals surface area (Å²) in [6, 6.07) is 7.55. The maximum absolute atomic E-state index is 13.8. The van der Waals surface area contributed by atoms with Crippen LogP contribution in [-0.2, 0) is 0 Å². The van der Waals surface area contributed by atoms with Gasteiger partial charge in [0, 0.05) is 23.4 Å². The molecule has 0 saturated carbocycles. The summed E-state index contributed by atoms with van der Waals surface area (Å²) in [7, 11) is 0. The van der Waals surface area contributed by atoms with Crippen molar-refractivity contribution >= 4 is 5.69 Å². The van der Waals surface area contributed by atoms with Gasteiger partial charge in [-0.3, -0.25) is 0 Å². The first-order valence-corrected chi connectivity index (χ1v) is 5.85. The van der Waals surface area contributed by atoms with Gasteiger partial charge in [-0.2, -0.15) is 4.68 Å². The molecule has 5 nitrogen and oxygen atoms in total. The molecule has 0 aliphatic carbocycles. The van der Waals surface area contributed by atoms with Crippen LogP contribution in [0.2, 0.25) is 0 Å². The number of halogens is 3. The summed E-state index contributed by atoms with van der Waals surface area (Å²) in [6.45, 7) is 0. The maximum atomic E-state index is 13.8. The van der Waals surface area contributed by atoms with Crippen LogP contribution >= 0.6 is 0 Å². The van der Waals surface area contributed by atoms with Crippen molar-refractivity contribution in [2.45, 2.75) is 0 Å². The van der Waals surface area contributed by atoms with Crippen LogP contribution in [0.25, 0.3) is 17.1 Å². The van der Waals surface area contributed by atoms with Gasteiger partial charge in [-0.05, 0) is 34.7 Å². The zero-order chi connectivity index (χ0) is 15.0. The Morgan fingerprint density at radius 2 is 1.57 bits per heavy atom. The van der Waals surface area contributed by atoms with Gasteiger partial charge in [0.25, 0.3) is 0 Å². The molecule has 21 heavy (non-hydrogen) atoms. The first-order chi connectivity index (χ1) is 10.1. The lowest BCUT2D eigenvalue weighted by Gasteiger charge is -2.07. The minimum absolute atomic E-state index is 0.111. The van der Waals surface area contributed by atoms with Crippen LogP contribution < -0.4 is 5.73 Å². The monoisotopic (exact) mass is 291 g/mol. The predicted molar refractivity (Wildman–Crippen MR) is 68.9 cm³/mol. The van der Waals surface area contributed by atoms with Gasteiger partial charge in [-0.25, -0.2) is 13.2 Å². The molecule has 0 spiro atoms. The van der Waals surface area contributed by atoms with Gasteiger partial charge in [-0.15, -0.1) is 5.10 Å². The summed E-state index contributed by atoms with van der Waals surface area (Å²) in [5.41, 5.74) is 6.06. The number of nitrogens with two attached hydrogens (primary N) is 1. The Morgan fingerprint density at radius 3 is 2.19 bits per heavy atom. The van der Waals surface area contributed by atoms with E-state index in [0.717, 1.165) is 4.68 Å². The molecule has 0 radical (unpaired) electrons. The van der Waals surface area contributed by atoms with Crippen molar-refractivity contribution < 1.29 is 13.2 Å². The van der Waals surface area contributed by atoms with E-state index in [1.807, 2.05) is 0 Å². The van der Waals surface area contributed by atoms with E-state index < -0.39 is 23.1 Å². The van der Waals surface area contributed by atoms with E-state index in [1.165, 1.54) is 0 Å². The fourth-order valence-electron chi connectivity index (χ4n) is 1.89. The largest absolute Gasteiger partial charge is 0.399 e. The number of aromatic nitrogens is 4. The van der Waals surface area contributed by atoms with E-state index in [0.29, 0.717) is 23.4 Å². The molecule has 2 aromatic carbocycles. The SMILES string of the molecule is Nc1ccc(-c2nnnn2-c2c(F)cc(F)cc2F)cc1. The second kappa shape index (κ2) is 4.89. The molecule has 0 amide bonds. The van der Waals surface area contributed by atoms with E-state index in [9.17, 15) is 13.2 Å². The van der Waals surface area contributed by atoms with E-state index in [-0.39, 0.29) is 5.82 Å². The molecule has 2 N–H and O–H groups in total. The normalized spacial score (nSPS) is 10.8. The highest BCUT2D eigenvalue weighted by Crippen LogP contribution is 2.24. The molecular formula is C13H8F3N5. The van der Waals surface area contributed by atoms with E-state index >= 15 is 0 Å². The lowest BCUT2D eigenvalue weighted by atomic mass is 10.2. The van der Waals surface area contributed by atoms with Crippen molar-refractivity contribution in [1.82, 2.24) is 20.2 Å². The molecule has 1 heterocycles. The van der Waals surface area contributed by atoms with Crippen LogP contribution in [0.15, 0.2) is 36.4 Å². The lowest BCUT2D eigenvalue weighted by Crippen LogP contribution is -2.06. The van der Waals surface area contributed by atoms with Gasteiger partial charge in [-0.1, -0.05) is 0 Å². The first-order valence-electron chi connectivity index (χ1n) is 5.85. The van der Waals surface area contributed by atoms with Crippen LogP contribution in [0.5, 0.6) is 0 Å². The summed E-state index contributed by atoms with van der Waals surface area (Å²) >= 11 is 0. The summed E-state index contributed by atoms with van der Waals surface area (Å²) in [5.74, 6) is -3.11. The highest BCUT2D eigenvalue weighted by atomic mass is 19.1. The number of benzene rings is 2. The van der Waals surface area contributed by atoms with Crippen LogP contribution in [-0.4, -0.2) is 20.2 Å². The number of anilines is 1. The Hall–Kier alpha value is -2.90. The molecule has 0 unspecified atom stereocenters. The summed E-state index contributed by atoms with van der Waals surface area (Å²) < 4.78 is 41.5. The van der Waals surface area contributed by atoms with Gasteiger partial charge in [0.05, 0.1) is 0 Å². The van der Waals surface area contributed by atoms with Gasteiger partial charge < -0.3 is 5.73 Å². The number of tetrazole rings is 1. The van der Waals surface area contributed by atoms with Crippen molar-refractivity contribution in [3.63, 3.8) is 0 Å². The van der Waals surface area contributed by atoms with Crippen molar-refractivity contribution in [2.24, 2.45) is 0 Å². The molecule has 0 fully saturated rings. The average molecular weight is 291 g/mol. The summed E-state index contributed by atoms with van der Waals surface area (Å²) in [4.78, 5) is 0. The number of hydrogen-bond acceptors (Lipinski definition) is 4. The second-order valence-corrected chi connectivity index (χ2v) is 4.25. The lowest BCUT2D eigenvalue weighted by molar-refractivity contribution is 0.526. The van der Waals surface area contributed by atoms with E-state index in [1.54, 1.807) is 24.3 Å². The number of hydrogen-bond donors (Lipinski definition) is 1.